The Balaban J connectivity index is 2.71. The molecule has 1 aliphatic carbocycles. The van der Waals surface area contributed by atoms with Crippen molar-refractivity contribution in [3.63, 3.8) is 0 Å². The van der Waals surface area contributed by atoms with Gasteiger partial charge in [-0.3, -0.25) is 9.59 Å². The molecule has 13 heavy (non-hydrogen) atoms. The van der Waals surface area contributed by atoms with Crippen LogP contribution in [0.25, 0.3) is 0 Å². The summed E-state index contributed by atoms with van der Waals surface area (Å²) in [5, 5.41) is 0. The second-order valence-electron chi connectivity index (χ2n) is 3.15. The highest BCUT2D eigenvalue weighted by Crippen LogP contribution is 2.34. The van der Waals surface area contributed by atoms with Gasteiger partial charge in [0, 0.05) is 6.42 Å². The lowest BCUT2D eigenvalue weighted by Crippen LogP contribution is -2.44. The van der Waals surface area contributed by atoms with E-state index in [0.29, 0.717) is 19.4 Å². The molecule has 0 aromatic rings. The molecule has 0 aliphatic heterocycles. The number of ether oxygens (including phenoxy) is 1. The van der Waals surface area contributed by atoms with Gasteiger partial charge in [-0.05, 0) is 19.8 Å². The van der Waals surface area contributed by atoms with Gasteiger partial charge in [-0.1, -0.05) is 22.4 Å². The Morgan fingerprint density at radius 1 is 1.62 bits per heavy atom. The number of esters is 1. The van der Waals surface area contributed by atoms with E-state index in [2.05, 4.69) is 15.9 Å². The first-order valence-corrected chi connectivity index (χ1v) is 5.30. The molecular formula is C9H13BrO3. The molecule has 0 saturated heterocycles. The lowest BCUT2D eigenvalue weighted by molar-refractivity contribution is -0.149. The number of hydrogen-bond donors (Lipinski definition) is 0. The zero-order valence-corrected chi connectivity index (χ0v) is 9.22. The lowest BCUT2D eigenvalue weighted by Gasteiger charge is -2.27. The summed E-state index contributed by atoms with van der Waals surface area (Å²) >= 11 is 3.20. The summed E-state index contributed by atoms with van der Waals surface area (Å²) in [6.45, 7) is 2.06. The quantitative estimate of drug-likeness (QED) is 0.426. The Morgan fingerprint density at radius 3 is 2.85 bits per heavy atom. The van der Waals surface area contributed by atoms with Crippen molar-refractivity contribution in [3.05, 3.63) is 0 Å². The van der Waals surface area contributed by atoms with E-state index in [-0.39, 0.29) is 5.78 Å². The first-order valence-electron chi connectivity index (χ1n) is 4.50. The van der Waals surface area contributed by atoms with Crippen molar-refractivity contribution in [2.45, 2.75) is 36.9 Å². The van der Waals surface area contributed by atoms with Gasteiger partial charge in [0.1, 0.15) is 0 Å². The minimum Gasteiger partial charge on any atom is -0.465 e. The van der Waals surface area contributed by atoms with Crippen molar-refractivity contribution in [3.8, 4) is 0 Å². The monoisotopic (exact) mass is 248 g/mol. The number of carbonyl (C=O) groups excluding carboxylic acids is 2. The normalized spacial score (nSPS) is 28.6. The van der Waals surface area contributed by atoms with Crippen molar-refractivity contribution in [1.82, 2.24) is 0 Å². The lowest BCUT2D eigenvalue weighted by atomic mass is 9.88. The van der Waals surface area contributed by atoms with E-state index < -0.39 is 10.3 Å². The summed E-state index contributed by atoms with van der Waals surface area (Å²) in [7, 11) is 0. The topological polar surface area (TPSA) is 43.4 Å². The van der Waals surface area contributed by atoms with Crippen LogP contribution in [0.3, 0.4) is 0 Å². The van der Waals surface area contributed by atoms with Crippen molar-refractivity contribution < 1.29 is 14.3 Å². The van der Waals surface area contributed by atoms with Gasteiger partial charge in [0.05, 0.1) is 6.61 Å². The summed E-state index contributed by atoms with van der Waals surface area (Å²) in [6, 6.07) is 0. The average molecular weight is 249 g/mol. The van der Waals surface area contributed by atoms with Gasteiger partial charge in [-0.15, -0.1) is 0 Å². The van der Waals surface area contributed by atoms with Crippen LogP contribution in [0.15, 0.2) is 0 Å². The number of alkyl halides is 1. The molecule has 0 spiro atoms. The highest BCUT2D eigenvalue weighted by molar-refractivity contribution is 9.10. The molecule has 0 radical (unpaired) electrons. The van der Waals surface area contributed by atoms with Gasteiger partial charge >= 0.3 is 5.97 Å². The van der Waals surface area contributed by atoms with Crippen molar-refractivity contribution >= 4 is 27.7 Å². The smallest absolute Gasteiger partial charge is 0.330 e. The Hall–Kier alpha value is -0.380. The summed E-state index contributed by atoms with van der Waals surface area (Å²) in [5.41, 5.74) is 0. The Bertz CT molecular complexity index is 227. The molecule has 1 rings (SSSR count). The van der Waals surface area contributed by atoms with Crippen molar-refractivity contribution in [1.29, 1.82) is 0 Å². The van der Waals surface area contributed by atoms with Gasteiger partial charge in [0.2, 0.25) is 0 Å². The number of hydrogen-bond acceptors (Lipinski definition) is 3. The molecule has 1 aliphatic rings. The summed E-state index contributed by atoms with van der Waals surface area (Å²) in [5.74, 6) is -0.475. The standard InChI is InChI=1S/C9H13BrO3/c1-2-13-8(12)9(10)6-4-3-5-7(9)11/h2-6H2,1H3/t9-/m0/s1. The highest BCUT2D eigenvalue weighted by atomic mass is 79.9. The molecule has 3 nitrogen and oxygen atoms in total. The first kappa shape index (κ1) is 10.7. The van der Waals surface area contributed by atoms with Crippen LogP contribution < -0.4 is 0 Å². The molecule has 74 valence electrons. The van der Waals surface area contributed by atoms with Crippen LogP contribution in [0.2, 0.25) is 0 Å². The van der Waals surface area contributed by atoms with E-state index in [1.807, 2.05) is 0 Å². The number of halogens is 1. The van der Waals surface area contributed by atoms with Crippen LogP contribution in [0, 0.1) is 0 Å². The zero-order chi connectivity index (χ0) is 9.90. The molecular weight excluding hydrogens is 236 g/mol. The highest BCUT2D eigenvalue weighted by Gasteiger charge is 2.45. The summed E-state index contributed by atoms with van der Waals surface area (Å²) in [4.78, 5) is 22.9. The number of rotatable bonds is 2. The fraction of sp³-hybridized carbons (Fsp3) is 0.778. The Kier molecular flexibility index (Phi) is 3.47. The predicted octanol–water partition coefficient (Wildman–Crippen LogP) is 1.83. The van der Waals surface area contributed by atoms with Crippen LogP contribution in [-0.2, 0) is 14.3 Å². The molecule has 0 heterocycles. The molecule has 0 aromatic heterocycles. The maximum atomic E-state index is 11.5. The SMILES string of the molecule is CCOC(=O)[C@]1(Br)CCCCC1=O. The summed E-state index contributed by atoms with van der Waals surface area (Å²) < 4.78 is 3.81. The minimum atomic E-state index is -1.04. The number of carbonyl (C=O) groups is 2. The largest absolute Gasteiger partial charge is 0.465 e. The molecule has 0 aromatic carbocycles. The van der Waals surface area contributed by atoms with Crippen LogP contribution in [-0.4, -0.2) is 22.7 Å². The molecule has 0 amide bonds. The third kappa shape index (κ3) is 2.10. The third-order valence-corrected chi connectivity index (χ3v) is 3.38. The van der Waals surface area contributed by atoms with Gasteiger partial charge in [-0.25, -0.2) is 0 Å². The van der Waals surface area contributed by atoms with E-state index in [1.54, 1.807) is 6.92 Å². The Morgan fingerprint density at radius 2 is 2.31 bits per heavy atom. The fourth-order valence-electron chi connectivity index (χ4n) is 1.45. The average Bonchev–Trinajstić information content (AvgIpc) is 2.11. The predicted molar refractivity (Wildman–Crippen MR) is 51.8 cm³/mol. The van der Waals surface area contributed by atoms with E-state index in [4.69, 9.17) is 4.74 Å². The van der Waals surface area contributed by atoms with E-state index in [0.717, 1.165) is 12.8 Å². The fourth-order valence-corrected chi connectivity index (χ4v) is 2.05. The number of Topliss-reactive ketones (excluding diaryl/α,β-unsaturated/α-hetero) is 1. The molecule has 0 bridgehead atoms. The van der Waals surface area contributed by atoms with Gasteiger partial charge in [0.15, 0.2) is 10.1 Å². The number of ketones is 1. The molecule has 0 N–H and O–H groups in total. The van der Waals surface area contributed by atoms with E-state index in [9.17, 15) is 9.59 Å². The van der Waals surface area contributed by atoms with Gasteiger partial charge in [0.25, 0.3) is 0 Å². The molecule has 1 saturated carbocycles. The maximum Gasteiger partial charge on any atom is 0.330 e. The van der Waals surface area contributed by atoms with Crippen molar-refractivity contribution in [2.75, 3.05) is 6.61 Å². The maximum absolute atomic E-state index is 11.5. The molecule has 0 unspecified atom stereocenters. The van der Waals surface area contributed by atoms with Crippen LogP contribution >= 0.6 is 15.9 Å². The first-order chi connectivity index (χ1) is 6.11. The van der Waals surface area contributed by atoms with Crippen LogP contribution in [0.1, 0.15) is 32.6 Å². The van der Waals surface area contributed by atoms with Gasteiger partial charge in [-0.2, -0.15) is 0 Å². The third-order valence-electron chi connectivity index (χ3n) is 2.22. The Labute approximate surface area is 86.0 Å². The minimum absolute atomic E-state index is 0.0443. The molecule has 1 fully saturated rings. The molecule has 1 atom stereocenters. The van der Waals surface area contributed by atoms with Crippen LogP contribution in [0.5, 0.6) is 0 Å². The summed E-state index contributed by atoms with van der Waals surface area (Å²) in [6.07, 6.45) is 2.82. The second kappa shape index (κ2) is 4.22. The van der Waals surface area contributed by atoms with E-state index in [1.165, 1.54) is 0 Å². The molecule has 4 heteroatoms. The van der Waals surface area contributed by atoms with E-state index >= 15 is 0 Å². The van der Waals surface area contributed by atoms with Gasteiger partial charge < -0.3 is 4.74 Å². The van der Waals surface area contributed by atoms with Crippen molar-refractivity contribution in [2.24, 2.45) is 0 Å². The zero-order valence-electron chi connectivity index (χ0n) is 7.64. The second-order valence-corrected chi connectivity index (χ2v) is 4.51. The van der Waals surface area contributed by atoms with Crippen LogP contribution in [0.4, 0.5) is 0 Å².